The lowest BCUT2D eigenvalue weighted by atomic mass is 10.0. The molecule has 1 aromatic heterocycles. The van der Waals surface area contributed by atoms with Crippen molar-refractivity contribution in [3.63, 3.8) is 0 Å². The molecule has 174 valence electrons. The number of ether oxygens (including phenoxy) is 2. The normalized spacial score (nSPS) is 10.5. The number of benzene rings is 2. The van der Waals surface area contributed by atoms with E-state index in [0.29, 0.717) is 11.1 Å². The number of ketones is 2. The highest BCUT2D eigenvalue weighted by atomic mass is 16.5. The van der Waals surface area contributed by atoms with Gasteiger partial charge >= 0.3 is 11.9 Å². The van der Waals surface area contributed by atoms with Gasteiger partial charge in [0.25, 0.3) is 0 Å². The first-order valence-corrected chi connectivity index (χ1v) is 10.7. The second kappa shape index (κ2) is 10.7. The predicted octanol–water partition coefficient (Wildman–Crippen LogP) is 4.39. The molecule has 34 heavy (non-hydrogen) atoms. The Morgan fingerprint density at radius 2 is 1.06 bits per heavy atom. The van der Waals surface area contributed by atoms with Gasteiger partial charge in [-0.2, -0.15) is 0 Å². The van der Waals surface area contributed by atoms with E-state index in [1.165, 1.54) is 18.2 Å². The molecule has 0 unspecified atom stereocenters. The van der Waals surface area contributed by atoms with Crippen LogP contribution in [0.1, 0.15) is 63.9 Å². The molecular formula is C27H25NO6. The molecule has 7 heteroatoms. The van der Waals surface area contributed by atoms with Gasteiger partial charge in [0.05, 0.1) is 0 Å². The quantitative estimate of drug-likeness (QED) is 0.364. The van der Waals surface area contributed by atoms with E-state index in [0.717, 1.165) is 22.3 Å². The molecule has 0 saturated heterocycles. The summed E-state index contributed by atoms with van der Waals surface area (Å²) in [6.07, 6.45) is 0. The van der Waals surface area contributed by atoms with Crippen molar-refractivity contribution in [3.8, 4) is 0 Å². The lowest BCUT2D eigenvalue weighted by Gasteiger charge is -2.09. The Hall–Kier alpha value is -4.13. The molecule has 0 N–H and O–H groups in total. The lowest BCUT2D eigenvalue weighted by Crippen LogP contribution is -2.19. The summed E-state index contributed by atoms with van der Waals surface area (Å²) in [5, 5.41) is 0. The maximum absolute atomic E-state index is 12.4. The third-order valence-electron chi connectivity index (χ3n) is 5.22. The molecule has 2 aromatic carbocycles. The Kier molecular flexibility index (Phi) is 7.68. The Balaban J connectivity index is 1.61. The van der Waals surface area contributed by atoms with Gasteiger partial charge in [0.2, 0.25) is 11.6 Å². The van der Waals surface area contributed by atoms with E-state index < -0.39 is 25.2 Å². The van der Waals surface area contributed by atoms with Crippen LogP contribution in [0.2, 0.25) is 0 Å². The molecule has 0 aliphatic heterocycles. The van der Waals surface area contributed by atoms with Crippen LogP contribution in [0.3, 0.4) is 0 Å². The van der Waals surface area contributed by atoms with Crippen LogP contribution < -0.4 is 0 Å². The minimum Gasteiger partial charge on any atom is -0.453 e. The highest BCUT2D eigenvalue weighted by molar-refractivity contribution is 6.01. The van der Waals surface area contributed by atoms with Crippen molar-refractivity contribution in [1.29, 1.82) is 0 Å². The van der Waals surface area contributed by atoms with Crippen molar-refractivity contribution in [2.24, 2.45) is 0 Å². The van der Waals surface area contributed by atoms with Gasteiger partial charge in [0, 0.05) is 11.1 Å². The number of esters is 2. The van der Waals surface area contributed by atoms with Crippen molar-refractivity contribution in [1.82, 2.24) is 4.98 Å². The van der Waals surface area contributed by atoms with E-state index in [-0.39, 0.29) is 23.0 Å². The van der Waals surface area contributed by atoms with Gasteiger partial charge in [-0.25, -0.2) is 14.6 Å². The molecule has 0 spiro atoms. The molecule has 0 bridgehead atoms. The maximum atomic E-state index is 12.4. The Morgan fingerprint density at radius 1 is 0.647 bits per heavy atom. The van der Waals surface area contributed by atoms with Crippen molar-refractivity contribution >= 4 is 23.5 Å². The number of nitrogens with zero attached hydrogens (tertiary/aromatic N) is 1. The van der Waals surface area contributed by atoms with E-state index in [9.17, 15) is 19.2 Å². The first-order valence-electron chi connectivity index (χ1n) is 10.7. The average molecular weight is 459 g/mol. The van der Waals surface area contributed by atoms with E-state index >= 15 is 0 Å². The van der Waals surface area contributed by atoms with E-state index in [1.807, 2.05) is 38.1 Å². The number of Topliss-reactive ketones (excluding diaryl/α,β-unsaturated/α-hetero) is 2. The van der Waals surface area contributed by atoms with Crippen molar-refractivity contribution in [2.45, 2.75) is 27.7 Å². The first-order chi connectivity index (χ1) is 16.2. The van der Waals surface area contributed by atoms with Crippen LogP contribution in [-0.4, -0.2) is 41.7 Å². The van der Waals surface area contributed by atoms with E-state index in [4.69, 9.17) is 9.47 Å². The number of pyridine rings is 1. The van der Waals surface area contributed by atoms with Crippen LogP contribution in [0.15, 0.2) is 54.6 Å². The smallest absolute Gasteiger partial charge is 0.357 e. The zero-order chi connectivity index (χ0) is 24.8. The molecule has 1 heterocycles. The summed E-state index contributed by atoms with van der Waals surface area (Å²) in [5.74, 6) is -2.37. The molecular weight excluding hydrogens is 434 g/mol. The topological polar surface area (TPSA) is 99.6 Å². The van der Waals surface area contributed by atoms with Gasteiger partial charge in [-0.15, -0.1) is 0 Å². The van der Waals surface area contributed by atoms with Crippen LogP contribution >= 0.6 is 0 Å². The van der Waals surface area contributed by atoms with Gasteiger partial charge in [-0.1, -0.05) is 41.5 Å². The zero-order valence-corrected chi connectivity index (χ0v) is 19.5. The monoisotopic (exact) mass is 459 g/mol. The van der Waals surface area contributed by atoms with E-state index in [1.54, 1.807) is 26.0 Å². The van der Waals surface area contributed by atoms with Crippen LogP contribution in [0.5, 0.6) is 0 Å². The van der Waals surface area contributed by atoms with Crippen molar-refractivity contribution in [2.75, 3.05) is 13.2 Å². The molecule has 0 aliphatic carbocycles. The molecule has 0 radical (unpaired) electrons. The SMILES string of the molecule is Cc1ccc(C)c(C(=O)COC(=O)c2cccc(C(=O)OCC(=O)c3cc(C)ccc3C)n2)c1. The summed E-state index contributed by atoms with van der Waals surface area (Å²) in [5.41, 5.74) is 4.06. The molecule has 0 saturated carbocycles. The van der Waals surface area contributed by atoms with Crippen LogP contribution in [0.4, 0.5) is 0 Å². The molecule has 3 aromatic rings. The third kappa shape index (κ3) is 6.01. The number of hydrogen-bond donors (Lipinski definition) is 0. The summed E-state index contributed by atoms with van der Waals surface area (Å²) in [7, 11) is 0. The number of hydrogen-bond acceptors (Lipinski definition) is 7. The summed E-state index contributed by atoms with van der Waals surface area (Å²) >= 11 is 0. The third-order valence-corrected chi connectivity index (χ3v) is 5.22. The van der Waals surface area contributed by atoms with Gasteiger partial charge < -0.3 is 9.47 Å². The number of aryl methyl sites for hydroxylation is 4. The fourth-order valence-electron chi connectivity index (χ4n) is 3.30. The largest absolute Gasteiger partial charge is 0.453 e. The number of rotatable bonds is 8. The molecule has 0 atom stereocenters. The highest BCUT2D eigenvalue weighted by Crippen LogP contribution is 2.13. The molecule has 7 nitrogen and oxygen atoms in total. The predicted molar refractivity (Wildman–Crippen MR) is 125 cm³/mol. The Bertz CT molecular complexity index is 1180. The fourth-order valence-corrected chi connectivity index (χ4v) is 3.30. The maximum Gasteiger partial charge on any atom is 0.357 e. The summed E-state index contributed by atoms with van der Waals surface area (Å²) in [6.45, 7) is 6.43. The number of carbonyl (C=O) groups excluding carboxylic acids is 4. The first kappa shape index (κ1) is 24.5. The lowest BCUT2D eigenvalue weighted by molar-refractivity contribution is 0.0456. The number of aromatic nitrogens is 1. The van der Waals surface area contributed by atoms with E-state index in [2.05, 4.69) is 4.98 Å². The van der Waals surface area contributed by atoms with Gasteiger partial charge in [0.1, 0.15) is 11.4 Å². The molecule has 0 amide bonds. The molecule has 0 fully saturated rings. The number of carbonyl (C=O) groups is 4. The summed E-state index contributed by atoms with van der Waals surface area (Å²) in [6, 6.07) is 15.1. The van der Waals surface area contributed by atoms with Crippen LogP contribution in [-0.2, 0) is 9.47 Å². The van der Waals surface area contributed by atoms with Gasteiger partial charge in [0.15, 0.2) is 13.2 Å². The standard InChI is InChI=1S/C27H25NO6/c1-16-8-10-18(3)20(12-16)24(29)14-33-26(31)22-6-5-7-23(28-22)27(32)34-15-25(30)21-13-17(2)9-11-19(21)4/h5-13H,14-15H2,1-4H3. The van der Waals surface area contributed by atoms with Crippen molar-refractivity contribution < 1.29 is 28.7 Å². The Morgan fingerprint density at radius 3 is 1.47 bits per heavy atom. The zero-order valence-electron chi connectivity index (χ0n) is 19.5. The van der Waals surface area contributed by atoms with Crippen molar-refractivity contribution in [3.05, 3.63) is 99.4 Å². The Labute approximate surface area is 197 Å². The minimum atomic E-state index is -0.847. The molecule has 0 aliphatic rings. The summed E-state index contributed by atoms with van der Waals surface area (Å²) < 4.78 is 10.2. The fraction of sp³-hybridized carbons (Fsp3) is 0.222. The molecule has 3 rings (SSSR count). The minimum absolute atomic E-state index is 0.149. The highest BCUT2D eigenvalue weighted by Gasteiger charge is 2.18. The van der Waals surface area contributed by atoms with Crippen LogP contribution in [0, 0.1) is 27.7 Å². The van der Waals surface area contributed by atoms with Gasteiger partial charge in [-0.05, 0) is 63.1 Å². The average Bonchev–Trinajstić information content (AvgIpc) is 2.83. The van der Waals surface area contributed by atoms with Gasteiger partial charge in [-0.3, -0.25) is 9.59 Å². The second-order valence-electron chi connectivity index (χ2n) is 8.04. The summed E-state index contributed by atoms with van der Waals surface area (Å²) in [4.78, 5) is 53.6. The second-order valence-corrected chi connectivity index (χ2v) is 8.04. The van der Waals surface area contributed by atoms with Crippen LogP contribution in [0.25, 0.3) is 0 Å².